The molecule has 1 amide bonds. The van der Waals surface area contributed by atoms with Crippen LogP contribution in [0.1, 0.15) is 16.8 Å². The lowest BCUT2D eigenvalue weighted by Crippen LogP contribution is -2.50. The molecule has 1 saturated heterocycles. The maximum Gasteiger partial charge on any atom is 0.254 e. The van der Waals surface area contributed by atoms with Crippen LogP contribution in [-0.2, 0) is 10.0 Å². The second kappa shape index (κ2) is 7.93. The Labute approximate surface area is 180 Å². The van der Waals surface area contributed by atoms with Gasteiger partial charge in [0.05, 0.1) is 18.1 Å². The van der Waals surface area contributed by atoms with Crippen LogP contribution in [0.4, 0.5) is 0 Å². The van der Waals surface area contributed by atoms with E-state index in [1.165, 1.54) is 16.4 Å². The molecule has 164 valence electrons. The molecule has 2 aromatic carbocycles. The molecule has 0 radical (unpaired) electrons. The van der Waals surface area contributed by atoms with Gasteiger partial charge in [0.25, 0.3) is 5.91 Å². The highest BCUT2D eigenvalue weighted by molar-refractivity contribution is 7.89. The third kappa shape index (κ3) is 3.77. The van der Waals surface area contributed by atoms with Gasteiger partial charge in [0.1, 0.15) is 0 Å². The Morgan fingerprint density at radius 1 is 0.774 bits per heavy atom. The summed E-state index contributed by atoms with van der Waals surface area (Å²) in [4.78, 5) is 14.7. The molecular weight excluding hydrogens is 424 g/mol. The number of piperazine rings is 1. The number of ether oxygens (including phenoxy) is 4. The van der Waals surface area contributed by atoms with Gasteiger partial charge < -0.3 is 23.8 Å². The molecular formula is C21H22N2O7S. The smallest absolute Gasteiger partial charge is 0.254 e. The summed E-state index contributed by atoms with van der Waals surface area (Å²) in [6.07, 6.45) is 0.746. The van der Waals surface area contributed by atoms with Gasteiger partial charge in [0.15, 0.2) is 23.0 Å². The van der Waals surface area contributed by atoms with Crippen molar-refractivity contribution < 1.29 is 32.2 Å². The first-order valence-corrected chi connectivity index (χ1v) is 11.6. The van der Waals surface area contributed by atoms with Crippen molar-refractivity contribution in [2.45, 2.75) is 11.3 Å². The van der Waals surface area contributed by atoms with Gasteiger partial charge in [0, 0.05) is 44.2 Å². The summed E-state index contributed by atoms with van der Waals surface area (Å²) >= 11 is 0. The average Bonchev–Trinajstić information content (AvgIpc) is 3.14. The Bertz CT molecular complexity index is 1110. The van der Waals surface area contributed by atoms with E-state index in [4.69, 9.17) is 18.9 Å². The minimum atomic E-state index is -3.71. The van der Waals surface area contributed by atoms with Crippen molar-refractivity contribution >= 4 is 15.9 Å². The number of sulfonamides is 1. The minimum absolute atomic E-state index is 0.142. The SMILES string of the molecule is O=C(c1ccc2c(c1)OCO2)N1CCN(S(=O)(=O)c2ccc3c(c2)OCCCO3)CC1. The van der Waals surface area contributed by atoms with Crippen molar-refractivity contribution in [2.75, 3.05) is 46.2 Å². The fourth-order valence-corrected chi connectivity index (χ4v) is 5.23. The topological polar surface area (TPSA) is 94.6 Å². The molecule has 0 atom stereocenters. The lowest BCUT2D eigenvalue weighted by atomic mass is 10.1. The molecule has 0 aromatic heterocycles. The summed E-state index contributed by atoms with van der Waals surface area (Å²) in [5.74, 6) is 1.99. The zero-order chi connectivity index (χ0) is 21.4. The summed E-state index contributed by atoms with van der Waals surface area (Å²) in [5.41, 5.74) is 0.489. The zero-order valence-corrected chi connectivity index (χ0v) is 17.6. The Hall–Kier alpha value is -2.98. The number of carbonyl (C=O) groups is 1. The number of fused-ring (bicyclic) bond motifs is 2. The highest BCUT2D eigenvalue weighted by Crippen LogP contribution is 2.34. The highest BCUT2D eigenvalue weighted by atomic mass is 32.2. The number of hydrogen-bond acceptors (Lipinski definition) is 7. The van der Waals surface area contributed by atoms with Crippen LogP contribution in [0.3, 0.4) is 0 Å². The van der Waals surface area contributed by atoms with Crippen LogP contribution in [0.15, 0.2) is 41.3 Å². The Kier molecular flexibility index (Phi) is 5.11. The first-order valence-electron chi connectivity index (χ1n) is 10.1. The molecule has 31 heavy (non-hydrogen) atoms. The lowest BCUT2D eigenvalue weighted by molar-refractivity contribution is 0.0697. The predicted molar refractivity (Wildman–Crippen MR) is 109 cm³/mol. The van der Waals surface area contributed by atoms with Crippen LogP contribution in [-0.4, -0.2) is 69.7 Å². The normalized spacial score (nSPS) is 18.5. The van der Waals surface area contributed by atoms with E-state index in [-0.39, 0.29) is 30.7 Å². The van der Waals surface area contributed by atoms with Crippen molar-refractivity contribution in [3.63, 3.8) is 0 Å². The van der Waals surface area contributed by atoms with Crippen LogP contribution < -0.4 is 18.9 Å². The highest BCUT2D eigenvalue weighted by Gasteiger charge is 2.31. The molecule has 0 spiro atoms. The molecule has 0 aliphatic carbocycles. The van der Waals surface area contributed by atoms with Gasteiger partial charge in [-0.1, -0.05) is 0 Å². The van der Waals surface area contributed by atoms with Crippen LogP contribution in [0.25, 0.3) is 0 Å². The van der Waals surface area contributed by atoms with Gasteiger partial charge >= 0.3 is 0 Å². The molecule has 3 aliphatic rings. The van der Waals surface area contributed by atoms with Gasteiger partial charge in [-0.2, -0.15) is 4.31 Å². The summed E-state index contributed by atoms with van der Waals surface area (Å²) in [6, 6.07) is 9.74. The van der Waals surface area contributed by atoms with E-state index in [2.05, 4.69) is 0 Å². The molecule has 0 bridgehead atoms. The van der Waals surface area contributed by atoms with Crippen LogP contribution in [0.2, 0.25) is 0 Å². The maximum absolute atomic E-state index is 13.1. The minimum Gasteiger partial charge on any atom is -0.490 e. The Balaban J connectivity index is 1.27. The van der Waals surface area contributed by atoms with E-state index in [0.29, 0.717) is 54.9 Å². The van der Waals surface area contributed by atoms with E-state index < -0.39 is 10.0 Å². The van der Waals surface area contributed by atoms with Crippen LogP contribution in [0, 0.1) is 0 Å². The van der Waals surface area contributed by atoms with Crippen LogP contribution >= 0.6 is 0 Å². The molecule has 5 rings (SSSR count). The van der Waals surface area contributed by atoms with E-state index in [1.807, 2.05) is 0 Å². The summed E-state index contributed by atoms with van der Waals surface area (Å²) in [6.45, 7) is 2.20. The number of rotatable bonds is 3. The third-order valence-electron chi connectivity index (χ3n) is 5.50. The molecule has 2 aromatic rings. The van der Waals surface area contributed by atoms with Crippen LogP contribution in [0.5, 0.6) is 23.0 Å². The maximum atomic E-state index is 13.1. The largest absolute Gasteiger partial charge is 0.490 e. The van der Waals surface area contributed by atoms with Gasteiger partial charge in [-0.15, -0.1) is 0 Å². The number of amides is 1. The molecule has 3 aliphatic heterocycles. The summed E-state index contributed by atoms with van der Waals surface area (Å²) < 4.78 is 49.5. The second-order valence-electron chi connectivity index (χ2n) is 7.42. The van der Waals surface area contributed by atoms with E-state index in [0.717, 1.165) is 6.42 Å². The van der Waals surface area contributed by atoms with Gasteiger partial charge in [-0.05, 0) is 30.3 Å². The van der Waals surface area contributed by atoms with Crippen molar-refractivity contribution in [1.29, 1.82) is 0 Å². The number of carbonyl (C=O) groups excluding carboxylic acids is 1. The summed E-state index contributed by atoms with van der Waals surface area (Å²) in [5, 5.41) is 0. The monoisotopic (exact) mass is 446 g/mol. The summed E-state index contributed by atoms with van der Waals surface area (Å²) in [7, 11) is -3.71. The van der Waals surface area contributed by atoms with Crippen molar-refractivity contribution in [3.05, 3.63) is 42.0 Å². The first kappa shape index (κ1) is 20.0. The average molecular weight is 446 g/mol. The second-order valence-corrected chi connectivity index (χ2v) is 9.36. The van der Waals surface area contributed by atoms with Crippen molar-refractivity contribution in [3.8, 4) is 23.0 Å². The molecule has 1 fully saturated rings. The standard InChI is InChI=1S/C21H22N2O7S/c24-21(15-2-4-18-19(12-15)30-14-29-18)22-6-8-23(9-7-22)31(25,26)16-3-5-17-20(13-16)28-11-1-10-27-17/h2-5,12-13H,1,6-11,14H2. The molecule has 10 heteroatoms. The molecule has 9 nitrogen and oxygen atoms in total. The van der Waals surface area contributed by atoms with E-state index >= 15 is 0 Å². The first-order chi connectivity index (χ1) is 15.0. The van der Waals surface area contributed by atoms with Crippen molar-refractivity contribution in [2.24, 2.45) is 0 Å². The van der Waals surface area contributed by atoms with Crippen molar-refractivity contribution in [1.82, 2.24) is 9.21 Å². The quantitative estimate of drug-likeness (QED) is 0.709. The molecule has 0 saturated carbocycles. The van der Waals surface area contributed by atoms with E-state index in [9.17, 15) is 13.2 Å². The number of benzene rings is 2. The fourth-order valence-electron chi connectivity index (χ4n) is 3.80. The van der Waals surface area contributed by atoms with Gasteiger partial charge in [-0.3, -0.25) is 4.79 Å². The Morgan fingerprint density at radius 3 is 2.23 bits per heavy atom. The van der Waals surface area contributed by atoms with E-state index in [1.54, 1.807) is 29.2 Å². The molecule has 3 heterocycles. The molecule has 0 unspecified atom stereocenters. The molecule has 0 N–H and O–H groups in total. The van der Waals surface area contributed by atoms with Gasteiger partial charge in [0.2, 0.25) is 16.8 Å². The Morgan fingerprint density at radius 2 is 1.42 bits per heavy atom. The predicted octanol–water partition coefficient (Wildman–Crippen LogP) is 1.72. The zero-order valence-electron chi connectivity index (χ0n) is 16.8. The lowest BCUT2D eigenvalue weighted by Gasteiger charge is -2.34. The van der Waals surface area contributed by atoms with Gasteiger partial charge in [-0.25, -0.2) is 8.42 Å². The number of hydrogen-bond donors (Lipinski definition) is 0. The number of nitrogens with zero attached hydrogens (tertiary/aromatic N) is 2. The third-order valence-corrected chi connectivity index (χ3v) is 7.40. The fraction of sp³-hybridized carbons (Fsp3) is 0.381.